The van der Waals surface area contributed by atoms with Crippen molar-refractivity contribution >= 4 is 17.3 Å². The third-order valence-electron chi connectivity index (χ3n) is 2.69. The summed E-state index contributed by atoms with van der Waals surface area (Å²) in [7, 11) is 0. The molecule has 2 aromatic carbocycles. The van der Waals surface area contributed by atoms with Crippen LogP contribution >= 0.6 is 11.6 Å². The molecular formula is C13H10ClN3. The van der Waals surface area contributed by atoms with Crippen LogP contribution < -0.4 is 16.4 Å². The molecule has 0 bridgehead atoms. The zero-order valence-corrected chi connectivity index (χ0v) is 9.72. The van der Waals surface area contributed by atoms with E-state index in [9.17, 15) is 0 Å². The van der Waals surface area contributed by atoms with Crippen LogP contribution in [0.4, 0.5) is 5.69 Å². The Labute approximate surface area is 103 Å². The molecule has 1 aliphatic rings. The fraction of sp³-hybridized carbons (Fsp3) is 0.0769. The molecule has 3 nitrogen and oxygen atoms in total. The number of nitrogens with zero attached hydrogens (tertiary/aromatic N) is 2. The van der Waals surface area contributed by atoms with Crippen LogP contribution in [0.3, 0.4) is 0 Å². The molecule has 1 aliphatic heterocycles. The van der Waals surface area contributed by atoms with Crippen LogP contribution in [0.5, 0.6) is 0 Å². The summed E-state index contributed by atoms with van der Waals surface area (Å²) in [4.78, 5) is 9.05. The molecule has 0 aliphatic carbocycles. The van der Waals surface area contributed by atoms with E-state index in [1.54, 1.807) is 0 Å². The zero-order chi connectivity index (χ0) is 11.8. The summed E-state index contributed by atoms with van der Waals surface area (Å²) in [5.41, 5.74) is 7.46. The number of rotatable bonds is 1. The summed E-state index contributed by atoms with van der Waals surface area (Å²) in [5, 5.41) is 2.46. The van der Waals surface area contributed by atoms with Crippen LogP contribution in [0.1, 0.15) is 11.7 Å². The lowest BCUT2D eigenvalue weighted by atomic mass is 10.2. The summed E-state index contributed by atoms with van der Waals surface area (Å²) >= 11 is 5.85. The molecule has 0 fully saturated rings. The molecule has 1 heterocycles. The van der Waals surface area contributed by atoms with Crippen molar-refractivity contribution in [2.75, 3.05) is 5.73 Å². The van der Waals surface area contributed by atoms with E-state index in [2.05, 4.69) is 9.98 Å². The van der Waals surface area contributed by atoms with Crippen molar-refractivity contribution in [1.29, 1.82) is 0 Å². The van der Waals surface area contributed by atoms with Crippen molar-refractivity contribution < 1.29 is 0 Å². The maximum Gasteiger partial charge on any atom is 0.166 e. The number of benzene rings is 2. The Morgan fingerprint density at radius 2 is 1.65 bits per heavy atom. The Bertz CT molecular complexity index is 677. The molecule has 0 saturated heterocycles. The topological polar surface area (TPSA) is 50.7 Å². The number of halogens is 1. The number of hydrogen-bond acceptors (Lipinski definition) is 3. The minimum Gasteiger partial charge on any atom is -0.399 e. The standard InChI is InChI=1S/C13H10ClN3/c14-9-3-1-8(2-4-9)13-16-11-6-5-10(15)7-12(11)17-13/h1-7,13H,15H2. The van der Waals surface area contributed by atoms with Gasteiger partial charge < -0.3 is 5.73 Å². The van der Waals surface area contributed by atoms with E-state index >= 15 is 0 Å². The number of nitrogens with two attached hydrogens (primary N) is 1. The summed E-state index contributed by atoms with van der Waals surface area (Å²) in [6, 6.07) is 13.1. The van der Waals surface area contributed by atoms with Gasteiger partial charge in [0.2, 0.25) is 0 Å². The minimum absolute atomic E-state index is 0.177. The van der Waals surface area contributed by atoms with Crippen LogP contribution in [-0.4, -0.2) is 0 Å². The number of anilines is 1. The van der Waals surface area contributed by atoms with Gasteiger partial charge in [0, 0.05) is 10.7 Å². The normalized spacial score (nSPS) is 17.1. The summed E-state index contributed by atoms with van der Waals surface area (Å²) in [6.45, 7) is 0. The summed E-state index contributed by atoms with van der Waals surface area (Å²) in [5.74, 6) is 0. The SMILES string of the molecule is Nc1ccc2c(c1)=NC(c1ccc(Cl)cc1)N=2. The van der Waals surface area contributed by atoms with Gasteiger partial charge >= 0.3 is 0 Å². The molecule has 17 heavy (non-hydrogen) atoms. The zero-order valence-electron chi connectivity index (χ0n) is 8.97. The Balaban J connectivity index is 2.07. The fourth-order valence-corrected chi connectivity index (χ4v) is 1.96. The van der Waals surface area contributed by atoms with Crippen molar-refractivity contribution in [2.45, 2.75) is 6.17 Å². The molecule has 2 N–H and O–H groups in total. The van der Waals surface area contributed by atoms with Crippen molar-refractivity contribution in [3.63, 3.8) is 0 Å². The molecule has 3 rings (SSSR count). The highest BCUT2D eigenvalue weighted by atomic mass is 35.5. The Morgan fingerprint density at radius 3 is 2.41 bits per heavy atom. The van der Waals surface area contributed by atoms with Crippen LogP contribution in [0.25, 0.3) is 0 Å². The predicted molar refractivity (Wildman–Crippen MR) is 67.4 cm³/mol. The second kappa shape index (κ2) is 3.86. The van der Waals surface area contributed by atoms with Crippen molar-refractivity contribution in [1.82, 2.24) is 0 Å². The molecule has 1 unspecified atom stereocenters. The van der Waals surface area contributed by atoms with Gasteiger partial charge in [-0.2, -0.15) is 0 Å². The van der Waals surface area contributed by atoms with Crippen LogP contribution in [0.2, 0.25) is 5.02 Å². The van der Waals surface area contributed by atoms with Gasteiger partial charge in [-0.05, 0) is 35.9 Å². The van der Waals surface area contributed by atoms with Gasteiger partial charge in [-0.15, -0.1) is 0 Å². The lowest BCUT2D eigenvalue weighted by molar-refractivity contribution is 0.771. The maximum absolute atomic E-state index is 5.85. The first-order valence-electron chi connectivity index (χ1n) is 5.29. The molecule has 4 heteroatoms. The second-order valence-electron chi connectivity index (χ2n) is 3.93. The minimum atomic E-state index is -0.177. The highest BCUT2D eigenvalue weighted by molar-refractivity contribution is 6.30. The summed E-state index contributed by atoms with van der Waals surface area (Å²) in [6.07, 6.45) is -0.177. The van der Waals surface area contributed by atoms with Gasteiger partial charge in [0.15, 0.2) is 6.17 Å². The van der Waals surface area contributed by atoms with Gasteiger partial charge in [0.05, 0.1) is 10.7 Å². The highest BCUT2D eigenvalue weighted by Gasteiger charge is 2.12. The average molecular weight is 244 g/mol. The van der Waals surface area contributed by atoms with Crippen molar-refractivity contribution in [3.8, 4) is 0 Å². The molecule has 0 saturated carbocycles. The molecule has 2 aromatic rings. The first kappa shape index (κ1) is 10.3. The van der Waals surface area contributed by atoms with E-state index in [1.165, 1.54) is 0 Å². The average Bonchev–Trinajstić information content (AvgIpc) is 2.72. The van der Waals surface area contributed by atoms with E-state index in [-0.39, 0.29) is 6.17 Å². The fourth-order valence-electron chi connectivity index (χ4n) is 1.83. The predicted octanol–water partition coefficient (Wildman–Crippen LogP) is 1.87. The van der Waals surface area contributed by atoms with Gasteiger partial charge in [-0.1, -0.05) is 23.7 Å². The van der Waals surface area contributed by atoms with Gasteiger partial charge in [-0.3, -0.25) is 9.98 Å². The third kappa shape index (κ3) is 1.89. The molecule has 0 spiro atoms. The Hall–Kier alpha value is -1.87. The number of fused-ring (bicyclic) bond motifs is 1. The number of nitrogen functional groups attached to an aromatic ring is 1. The largest absolute Gasteiger partial charge is 0.399 e. The van der Waals surface area contributed by atoms with E-state index in [0.717, 1.165) is 16.3 Å². The van der Waals surface area contributed by atoms with Crippen LogP contribution in [-0.2, 0) is 0 Å². The lowest BCUT2D eigenvalue weighted by Crippen LogP contribution is -2.21. The number of hydrogen-bond donors (Lipinski definition) is 1. The van der Waals surface area contributed by atoms with Crippen LogP contribution in [0, 0.1) is 0 Å². The molecule has 0 radical (unpaired) electrons. The van der Waals surface area contributed by atoms with E-state index in [4.69, 9.17) is 17.3 Å². The van der Waals surface area contributed by atoms with E-state index in [0.29, 0.717) is 10.7 Å². The first-order chi connectivity index (χ1) is 8.22. The monoisotopic (exact) mass is 243 g/mol. The Kier molecular flexibility index (Phi) is 2.34. The van der Waals surface area contributed by atoms with E-state index < -0.39 is 0 Å². The Morgan fingerprint density at radius 1 is 0.941 bits per heavy atom. The van der Waals surface area contributed by atoms with Crippen molar-refractivity contribution in [3.05, 3.63) is 63.8 Å². The quantitative estimate of drug-likeness (QED) is 0.764. The molecular weight excluding hydrogens is 234 g/mol. The molecule has 0 amide bonds. The van der Waals surface area contributed by atoms with Gasteiger partial charge in [0.1, 0.15) is 0 Å². The van der Waals surface area contributed by atoms with E-state index in [1.807, 2.05) is 42.5 Å². The van der Waals surface area contributed by atoms with Gasteiger partial charge in [0.25, 0.3) is 0 Å². The molecule has 84 valence electrons. The smallest absolute Gasteiger partial charge is 0.166 e. The highest BCUT2D eigenvalue weighted by Crippen LogP contribution is 2.21. The third-order valence-corrected chi connectivity index (χ3v) is 2.94. The summed E-state index contributed by atoms with van der Waals surface area (Å²) < 4.78 is 0. The molecule has 1 atom stereocenters. The van der Waals surface area contributed by atoms with Crippen LogP contribution in [0.15, 0.2) is 52.4 Å². The maximum atomic E-state index is 5.85. The first-order valence-corrected chi connectivity index (χ1v) is 5.67. The second-order valence-corrected chi connectivity index (χ2v) is 4.37. The van der Waals surface area contributed by atoms with Gasteiger partial charge in [-0.25, -0.2) is 0 Å². The lowest BCUT2D eigenvalue weighted by Gasteiger charge is -2.03. The molecule has 0 aromatic heterocycles. The van der Waals surface area contributed by atoms with Crippen molar-refractivity contribution in [2.24, 2.45) is 9.98 Å².